The number of amides is 2. The fourth-order valence-corrected chi connectivity index (χ4v) is 5.03. The summed E-state index contributed by atoms with van der Waals surface area (Å²) in [6, 6.07) is 22.0. The van der Waals surface area contributed by atoms with Crippen molar-refractivity contribution in [3.8, 4) is 17.2 Å². The summed E-state index contributed by atoms with van der Waals surface area (Å²) in [6.45, 7) is 2.80. The molecule has 4 rings (SSSR count). The predicted molar refractivity (Wildman–Crippen MR) is 186 cm³/mol. The molecular weight excluding hydrogens is 643 g/mol. The van der Waals surface area contributed by atoms with Crippen LogP contribution in [0.15, 0.2) is 91.0 Å². The van der Waals surface area contributed by atoms with Crippen molar-refractivity contribution in [1.29, 1.82) is 0 Å². The van der Waals surface area contributed by atoms with Crippen LogP contribution < -0.4 is 24.8 Å². The van der Waals surface area contributed by atoms with Gasteiger partial charge in [-0.25, -0.2) is 14.0 Å². The first-order chi connectivity index (χ1) is 24.1. The van der Waals surface area contributed by atoms with Crippen LogP contribution in [0.1, 0.15) is 70.9 Å². The number of carbonyl (C=O) groups excluding carboxylic acids is 3. The first-order valence-electron chi connectivity index (χ1n) is 16.4. The van der Waals surface area contributed by atoms with Crippen molar-refractivity contribution in [3.05, 3.63) is 119 Å². The first-order valence-corrected chi connectivity index (χ1v) is 16.4. The minimum atomic E-state index is -1.24. The Bertz CT molecular complexity index is 1740. The van der Waals surface area contributed by atoms with E-state index in [-0.39, 0.29) is 35.8 Å². The van der Waals surface area contributed by atoms with E-state index in [9.17, 15) is 28.7 Å². The summed E-state index contributed by atoms with van der Waals surface area (Å²) in [5.74, 6) is -2.25. The van der Waals surface area contributed by atoms with Crippen LogP contribution in [-0.4, -0.2) is 48.6 Å². The molecule has 1 atom stereocenters. The molecule has 11 heteroatoms. The summed E-state index contributed by atoms with van der Waals surface area (Å²) in [7, 11) is 1.34. The van der Waals surface area contributed by atoms with Gasteiger partial charge in [-0.3, -0.25) is 9.59 Å². The molecule has 2 amide bonds. The van der Waals surface area contributed by atoms with Crippen molar-refractivity contribution in [2.75, 3.05) is 19.0 Å². The minimum absolute atomic E-state index is 0.0162. The highest BCUT2D eigenvalue weighted by atomic mass is 19.1. The van der Waals surface area contributed by atoms with Gasteiger partial charge in [-0.2, -0.15) is 0 Å². The number of ether oxygens (including phenoxy) is 3. The maximum Gasteiger partial charge on any atom is 0.343 e. The molecule has 0 aliphatic carbocycles. The molecule has 0 unspecified atom stereocenters. The quantitative estimate of drug-likeness (QED) is 0.0578. The Morgan fingerprint density at radius 3 is 2.08 bits per heavy atom. The lowest BCUT2D eigenvalue weighted by Gasteiger charge is -2.15. The molecule has 262 valence electrons. The Kier molecular flexibility index (Phi) is 13.9. The number of benzene rings is 4. The van der Waals surface area contributed by atoms with E-state index < -0.39 is 29.7 Å². The number of hydrogen-bond acceptors (Lipinski definition) is 7. The van der Waals surface area contributed by atoms with Gasteiger partial charge in [0.2, 0.25) is 5.91 Å². The van der Waals surface area contributed by atoms with Crippen LogP contribution in [0.2, 0.25) is 0 Å². The Hall–Kier alpha value is -5.71. The molecule has 0 aromatic heterocycles. The summed E-state index contributed by atoms with van der Waals surface area (Å²) >= 11 is 0. The number of methoxy groups -OCH3 is 1. The molecule has 0 heterocycles. The molecule has 0 fully saturated rings. The van der Waals surface area contributed by atoms with E-state index in [1.54, 1.807) is 48.5 Å². The van der Waals surface area contributed by atoms with Crippen LogP contribution in [-0.2, 0) is 22.4 Å². The van der Waals surface area contributed by atoms with Crippen LogP contribution in [0.5, 0.6) is 17.2 Å². The predicted octanol–water partition coefficient (Wildman–Crippen LogP) is 7.01. The third-order valence-corrected chi connectivity index (χ3v) is 7.79. The monoisotopic (exact) mass is 684 g/mol. The molecule has 0 saturated carbocycles. The largest absolute Gasteiger partial charge is 0.494 e. The molecule has 0 aliphatic rings. The number of carbonyl (C=O) groups is 4. The third kappa shape index (κ3) is 11.5. The average Bonchev–Trinajstić information content (AvgIpc) is 3.11. The van der Waals surface area contributed by atoms with Gasteiger partial charge in [-0.1, -0.05) is 50.8 Å². The average molecular weight is 685 g/mol. The number of hydrogen-bond donors (Lipinski definition) is 3. The number of anilines is 1. The van der Waals surface area contributed by atoms with Crippen LogP contribution in [0.25, 0.3) is 0 Å². The lowest BCUT2D eigenvalue weighted by atomic mass is 10.0. The highest BCUT2D eigenvalue weighted by Crippen LogP contribution is 2.20. The molecule has 0 saturated heterocycles. The molecule has 50 heavy (non-hydrogen) atoms. The second-order valence-corrected chi connectivity index (χ2v) is 11.7. The van der Waals surface area contributed by atoms with E-state index >= 15 is 0 Å². The molecule has 0 radical (unpaired) electrons. The molecule has 0 aliphatic heterocycles. The van der Waals surface area contributed by atoms with Crippen LogP contribution >= 0.6 is 0 Å². The second-order valence-electron chi connectivity index (χ2n) is 11.7. The highest BCUT2D eigenvalue weighted by molar-refractivity contribution is 5.98. The van der Waals surface area contributed by atoms with E-state index in [1.807, 2.05) is 0 Å². The van der Waals surface area contributed by atoms with E-state index in [2.05, 4.69) is 17.6 Å². The van der Waals surface area contributed by atoms with Gasteiger partial charge >= 0.3 is 11.9 Å². The van der Waals surface area contributed by atoms with Crippen molar-refractivity contribution >= 4 is 29.4 Å². The van der Waals surface area contributed by atoms with Crippen LogP contribution in [0, 0.1) is 5.82 Å². The number of nitrogens with one attached hydrogen (secondary N) is 2. The summed E-state index contributed by atoms with van der Waals surface area (Å²) < 4.78 is 29.8. The van der Waals surface area contributed by atoms with Crippen molar-refractivity contribution in [2.45, 2.75) is 57.9 Å². The molecule has 4 aromatic rings. The Balaban J connectivity index is 1.25. The van der Waals surface area contributed by atoms with Gasteiger partial charge in [0.15, 0.2) is 11.6 Å². The Morgan fingerprint density at radius 1 is 0.780 bits per heavy atom. The number of aliphatic carboxylic acids is 1. The summed E-state index contributed by atoms with van der Waals surface area (Å²) in [4.78, 5) is 50.0. The number of carboxylic acid groups (broad SMARTS) is 1. The fraction of sp³-hybridized carbons (Fsp3) is 0.282. The summed E-state index contributed by atoms with van der Waals surface area (Å²) in [6.07, 6.45) is 5.68. The van der Waals surface area contributed by atoms with Crippen molar-refractivity contribution in [2.24, 2.45) is 0 Å². The minimum Gasteiger partial charge on any atom is -0.494 e. The number of esters is 1. The van der Waals surface area contributed by atoms with E-state index in [0.29, 0.717) is 34.7 Å². The standard InChI is InChI=1S/C39H41FN2O8/c1-3-4-5-6-7-22-49-31-19-13-29(14-20-31)39(47)50-32-17-8-26(9-18-32)23-34(38(45)46)42-37(44)28-11-15-30(16-12-28)41-36(43)25-27-10-21-33(40)35(24-27)48-2/h8-21,24,34H,3-7,22-23,25H2,1-2H3,(H,41,43)(H,42,44)(H,45,46)/t34-/m0/s1. The van der Waals surface area contributed by atoms with Crippen LogP contribution in [0.3, 0.4) is 0 Å². The van der Waals surface area contributed by atoms with Gasteiger partial charge in [-0.15, -0.1) is 0 Å². The molecule has 10 nitrogen and oxygen atoms in total. The van der Waals surface area contributed by atoms with Gasteiger partial charge in [-0.05, 0) is 90.3 Å². The van der Waals surface area contributed by atoms with Gasteiger partial charge in [0.25, 0.3) is 5.91 Å². The lowest BCUT2D eigenvalue weighted by Crippen LogP contribution is -2.42. The van der Waals surface area contributed by atoms with Gasteiger partial charge in [0, 0.05) is 17.7 Å². The normalized spacial score (nSPS) is 11.3. The number of rotatable bonds is 18. The maximum absolute atomic E-state index is 13.6. The molecule has 0 spiro atoms. The smallest absolute Gasteiger partial charge is 0.343 e. The Labute approximate surface area is 290 Å². The molecule has 4 aromatic carbocycles. The van der Waals surface area contributed by atoms with Crippen molar-refractivity contribution in [1.82, 2.24) is 5.32 Å². The van der Waals surface area contributed by atoms with E-state index in [4.69, 9.17) is 14.2 Å². The summed E-state index contributed by atoms with van der Waals surface area (Å²) in [5.41, 5.74) is 2.14. The SMILES string of the molecule is CCCCCCCOc1ccc(C(=O)Oc2ccc(C[C@H](NC(=O)c3ccc(NC(=O)Cc4ccc(F)c(OC)c4)cc3)C(=O)O)cc2)cc1. The summed E-state index contributed by atoms with van der Waals surface area (Å²) in [5, 5.41) is 15.0. The maximum atomic E-state index is 13.6. The first kappa shape index (κ1) is 37.1. The molecule has 3 N–H and O–H groups in total. The zero-order chi connectivity index (χ0) is 35.9. The number of halogens is 1. The van der Waals surface area contributed by atoms with Gasteiger partial charge in [0.05, 0.1) is 25.7 Å². The third-order valence-electron chi connectivity index (χ3n) is 7.79. The number of unbranched alkanes of at least 4 members (excludes halogenated alkanes) is 4. The zero-order valence-electron chi connectivity index (χ0n) is 28.1. The topological polar surface area (TPSA) is 140 Å². The zero-order valence-corrected chi connectivity index (χ0v) is 28.1. The highest BCUT2D eigenvalue weighted by Gasteiger charge is 2.22. The van der Waals surface area contributed by atoms with Crippen LogP contribution in [0.4, 0.5) is 10.1 Å². The van der Waals surface area contributed by atoms with Gasteiger partial charge in [0.1, 0.15) is 17.5 Å². The van der Waals surface area contributed by atoms with Gasteiger partial charge < -0.3 is 30.0 Å². The second kappa shape index (κ2) is 18.7. The van der Waals surface area contributed by atoms with Crippen molar-refractivity contribution < 1.29 is 42.9 Å². The Morgan fingerprint density at radius 2 is 1.42 bits per heavy atom. The lowest BCUT2D eigenvalue weighted by molar-refractivity contribution is -0.139. The van der Waals surface area contributed by atoms with Crippen molar-refractivity contribution in [3.63, 3.8) is 0 Å². The molecule has 0 bridgehead atoms. The fourth-order valence-electron chi connectivity index (χ4n) is 5.03. The van der Waals surface area contributed by atoms with E-state index in [1.165, 1.54) is 68.8 Å². The van der Waals surface area contributed by atoms with E-state index in [0.717, 1.165) is 12.8 Å². The molecular formula is C39H41FN2O8. The number of carboxylic acids is 1.